The number of nitrogens with two attached hydrogens (primary N) is 1. The van der Waals surface area contributed by atoms with E-state index in [-0.39, 0.29) is 5.54 Å². The summed E-state index contributed by atoms with van der Waals surface area (Å²) in [4.78, 5) is 0. The third-order valence-electron chi connectivity index (χ3n) is 3.72. The molecule has 16 heavy (non-hydrogen) atoms. The van der Waals surface area contributed by atoms with E-state index in [2.05, 4.69) is 13.8 Å². The summed E-state index contributed by atoms with van der Waals surface area (Å²) in [6.07, 6.45) is 4.31. The lowest BCUT2D eigenvalue weighted by Crippen LogP contribution is -2.33. The fraction of sp³-hybridized carbons (Fsp3) is 0.571. The Balaban J connectivity index is 2.45. The van der Waals surface area contributed by atoms with E-state index in [9.17, 15) is 5.11 Å². The second-order valence-corrected chi connectivity index (χ2v) is 5.26. The maximum Gasteiger partial charge on any atom is 0.124 e. The summed E-state index contributed by atoms with van der Waals surface area (Å²) in [5.41, 5.74) is 8.04. The van der Waals surface area contributed by atoms with Gasteiger partial charge in [0.05, 0.1) is 0 Å². The standard InChI is InChI=1S/C14H21NO/c1-10(2)11-6-5-7-12(13(11)16)14(15)8-3-4-9-14/h5-7,10,16H,3-4,8-9,15H2,1-2H3. The zero-order valence-corrected chi connectivity index (χ0v) is 10.2. The second kappa shape index (κ2) is 4.10. The summed E-state index contributed by atoms with van der Waals surface area (Å²) < 4.78 is 0. The Labute approximate surface area is 97.5 Å². The molecule has 88 valence electrons. The summed E-state index contributed by atoms with van der Waals surface area (Å²) in [6, 6.07) is 5.98. The summed E-state index contributed by atoms with van der Waals surface area (Å²) >= 11 is 0. The lowest BCUT2D eigenvalue weighted by Gasteiger charge is -2.26. The SMILES string of the molecule is CC(C)c1cccc(C2(N)CCCC2)c1O. The molecule has 3 N–H and O–H groups in total. The number of hydrogen-bond acceptors (Lipinski definition) is 2. The summed E-state index contributed by atoms with van der Waals surface area (Å²) in [5, 5.41) is 10.3. The van der Waals surface area contributed by atoms with Gasteiger partial charge in [-0.25, -0.2) is 0 Å². The summed E-state index contributed by atoms with van der Waals surface area (Å²) in [7, 11) is 0. The first-order valence-corrected chi connectivity index (χ1v) is 6.16. The molecule has 1 saturated carbocycles. The van der Waals surface area contributed by atoms with E-state index in [4.69, 9.17) is 5.73 Å². The smallest absolute Gasteiger partial charge is 0.124 e. The van der Waals surface area contributed by atoms with Crippen molar-refractivity contribution in [2.45, 2.75) is 51.0 Å². The topological polar surface area (TPSA) is 46.2 Å². The van der Waals surface area contributed by atoms with Gasteiger partial charge in [0, 0.05) is 11.1 Å². The van der Waals surface area contributed by atoms with Gasteiger partial charge in [-0.1, -0.05) is 44.9 Å². The van der Waals surface area contributed by atoms with Crippen LogP contribution in [0.4, 0.5) is 0 Å². The Morgan fingerprint density at radius 1 is 1.25 bits per heavy atom. The highest BCUT2D eigenvalue weighted by atomic mass is 16.3. The molecule has 0 heterocycles. The summed E-state index contributed by atoms with van der Waals surface area (Å²) in [6.45, 7) is 4.19. The zero-order valence-electron chi connectivity index (χ0n) is 10.2. The monoisotopic (exact) mass is 219 g/mol. The van der Waals surface area contributed by atoms with Gasteiger partial charge in [0.25, 0.3) is 0 Å². The van der Waals surface area contributed by atoms with Gasteiger partial charge in [0.15, 0.2) is 0 Å². The van der Waals surface area contributed by atoms with E-state index in [1.54, 1.807) is 0 Å². The predicted molar refractivity (Wildman–Crippen MR) is 66.5 cm³/mol. The van der Waals surface area contributed by atoms with Crippen molar-refractivity contribution >= 4 is 0 Å². The molecule has 0 radical (unpaired) electrons. The molecule has 1 fully saturated rings. The number of hydrogen-bond donors (Lipinski definition) is 2. The molecule has 0 aliphatic heterocycles. The lowest BCUT2D eigenvalue weighted by atomic mass is 9.86. The number of aromatic hydroxyl groups is 1. The van der Waals surface area contributed by atoms with Crippen LogP contribution in [-0.2, 0) is 5.54 Å². The van der Waals surface area contributed by atoms with Crippen LogP contribution < -0.4 is 5.73 Å². The van der Waals surface area contributed by atoms with E-state index >= 15 is 0 Å². The molecule has 2 heteroatoms. The molecule has 2 nitrogen and oxygen atoms in total. The summed E-state index contributed by atoms with van der Waals surface area (Å²) in [5.74, 6) is 0.756. The molecule has 2 rings (SSSR count). The maximum absolute atomic E-state index is 10.3. The van der Waals surface area contributed by atoms with Gasteiger partial charge >= 0.3 is 0 Å². The number of phenols is 1. The van der Waals surface area contributed by atoms with Gasteiger partial charge in [0.1, 0.15) is 5.75 Å². The first-order valence-electron chi connectivity index (χ1n) is 6.16. The molecule has 0 atom stereocenters. The van der Waals surface area contributed by atoms with Crippen molar-refractivity contribution in [3.8, 4) is 5.75 Å². The molecule has 0 aromatic heterocycles. The molecule has 1 aliphatic rings. The molecule has 0 saturated heterocycles. The average molecular weight is 219 g/mol. The fourth-order valence-electron chi connectivity index (χ4n) is 2.70. The van der Waals surface area contributed by atoms with Crippen LogP contribution in [0.3, 0.4) is 0 Å². The van der Waals surface area contributed by atoms with Crippen LogP contribution in [0, 0.1) is 0 Å². The molecular formula is C14H21NO. The van der Waals surface area contributed by atoms with Crippen LogP contribution in [0.2, 0.25) is 0 Å². The van der Waals surface area contributed by atoms with E-state index < -0.39 is 0 Å². The van der Waals surface area contributed by atoms with Gasteiger partial charge in [-0.3, -0.25) is 0 Å². The minimum atomic E-state index is -0.297. The van der Waals surface area contributed by atoms with Crippen LogP contribution in [0.15, 0.2) is 18.2 Å². The first-order chi connectivity index (χ1) is 7.54. The normalized spacial score (nSPS) is 19.2. The average Bonchev–Trinajstić information content (AvgIpc) is 2.66. The first kappa shape index (κ1) is 11.5. The molecule has 1 aromatic carbocycles. The molecule has 0 spiro atoms. The third-order valence-corrected chi connectivity index (χ3v) is 3.72. The highest BCUT2D eigenvalue weighted by Gasteiger charge is 2.34. The van der Waals surface area contributed by atoms with E-state index in [0.29, 0.717) is 11.7 Å². The molecule has 1 aromatic rings. The number of rotatable bonds is 2. The quantitative estimate of drug-likeness (QED) is 0.802. The van der Waals surface area contributed by atoms with Crippen LogP contribution in [0.1, 0.15) is 56.6 Å². The second-order valence-electron chi connectivity index (χ2n) is 5.26. The van der Waals surface area contributed by atoms with Crippen molar-refractivity contribution in [2.75, 3.05) is 0 Å². The zero-order chi connectivity index (χ0) is 11.8. The fourth-order valence-corrected chi connectivity index (χ4v) is 2.70. The Kier molecular flexibility index (Phi) is 2.94. The third kappa shape index (κ3) is 1.82. The highest BCUT2D eigenvalue weighted by molar-refractivity contribution is 5.46. The predicted octanol–water partition coefficient (Wildman–Crippen LogP) is 3.24. The van der Waals surface area contributed by atoms with Gasteiger partial charge in [-0.2, -0.15) is 0 Å². The van der Waals surface area contributed by atoms with Crippen LogP contribution in [-0.4, -0.2) is 5.11 Å². The molecular weight excluding hydrogens is 198 g/mol. The van der Waals surface area contributed by atoms with Crippen LogP contribution in [0.25, 0.3) is 0 Å². The number of para-hydroxylation sites is 1. The van der Waals surface area contributed by atoms with Gasteiger partial charge in [-0.15, -0.1) is 0 Å². The molecule has 0 bridgehead atoms. The van der Waals surface area contributed by atoms with Crippen molar-refractivity contribution in [3.05, 3.63) is 29.3 Å². The number of benzene rings is 1. The Hall–Kier alpha value is -1.02. The van der Waals surface area contributed by atoms with E-state index in [1.807, 2.05) is 18.2 Å². The van der Waals surface area contributed by atoms with Gasteiger partial charge in [-0.05, 0) is 24.3 Å². The minimum absolute atomic E-state index is 0.297. The Morgan fingerprint density at radius 2 is 1.88 bits per heavy atom. The van der Waals surface area contributed by atoms with Gasteiger partial charge < -0.3 is 10.8 Å². The highest BCUT2D eigenvalue weighted by Crippen LogP contribution is 2.42. The van der Waals surface area contributed by atoms with Gasteiger partial charge in [0.2, 0.25) is 0 Å². The van der Waals surface area contributed by atoms with Crippen molar-refractivity contribution in [1.82, 2.24) is 0 Å². The molecule has 0 unspecified atom stereocenters. The Bertz CT molecular complexity index is 378. The van der Waals surface area contributed by atoms with E-state index in [1.165, 1.54) is 12.8 Å². The van der Waals surface area contributed by atoms with Crippen molar-refractivity contribution < 1.29 is 5.11 Å². The van der Waals surface area contributed by atoms with Crippen molar-refractivity contribution in [3.63, 3.8) is 0 Å². The molecule has 0 amide bonds. The van der Waals surface area contributed by atoms with Crippen molar-refractivity contribution in [2.24, 2.45) is 5.73 Å². The molecule has 1 aliphatic carbocycles. The van der Waals surface area contributed by atoms with E-state index in [0.717, 1.165) is 24.0 Å². The van der Waals surface area contributed by atoms with Crippen LogP contribution >= 0.6 is 0 Å². The maximum atomic E-state index is 10.3. The minimum Gasteiger partial charge on any atom is -0.507 e. The van der Waals surface area contributed by atoms with Crippen molar-refractivity contribution in [1.29, 1.82) is 0 Å². The lowest BCUT2D eigenvalue weighted by molar-refractivity contribution is 0.404. The van der Waals surface area contributed by atoms with Crippen LogP contribution in [0.5, 0.6) is 5.75 Å². The largest absolute Gasteiger partial charge is 0.507 e. The number of phenolic OH excluding ortho intramolecular Hbond substituents is 1. The Morgan fingerprint density at radius 3 is 2.44 bits per heavy atom.